The molecule has 2 atom stereocenters. The predicted molar refractivity (Wildman–Crippen MR) is 133 cm³/mol. The minimum atomic E-state index is -0.804. The van der Waals surface area contributed by atoms with Crippen LogP contribution in [0.25, 0.3) is 21.9 Å². The quantitative estimate of drug-likeness (QED) is 0.362. The maximum absolute atomic E-state index is 11.1. The van der Waals surface area contributed by atoms with Gasteiger partial charge in [0.1, 0.15) is 17.6 Å². The first-order valence-electron chi connectivity index (χ1n) is 11.8. The van der Waals surface area contributed by atoms with Gasteiger partial charge in [-0.2, -0.15) is 0 Å². The van der Waals surface area contributed by atoms with E-state index >= 15 is 0 Å². The Morgan fingerprint density at radius 3 is 2.65 bits per heavy atom. The van der Waals surface area contributed by atoms with Crippen molar-refractivity contribution in [2.75, 3.05) is 6.61 Å². The molecule has 0 saturated carbocycles. The molecule has 1 aliphatic carbocycles. The van der Waals surface area contributed by atoms with E-state index in [1.54, 1.807) is 0 Å². The van der Waals surface area contributed by atoms with Crippen LogP contribution in [-0.4, -0.2) is 17.7 Å². The number of benzene rings is 4. The van der Waals surface area contributed by atoms with E-state index in [-0.39, 0.29) is 18.4 Å². The standard InChI is InChI=1S/C30H26O4/c1-18-5-2-6-19-7-3-10-26(30(18)19)23-8-4-9-25-24(23)13-14-27(25)34-21-11-12-22-20(15-29(31)32)17-33-28(22)16-21/h2-12,16,20,27H,13-15,17H2,1H3,(H,31,32)/t20?,27-/m1/s1. The van der Waals surface area contributed by atoms with Crippen molar-refractivity contribution in [3.8, 4) is 22.6 Å². The summed E-state index contributed by atoms with van der Waals surface area (Å²) in [5.41, 5.74) is 7.42. The van der Waals surface area contributed by atoms with Crippen molar-refractivity contribution < 1.29 is 19.4 Å². The molecule has 34 heavy (non-hydrogen) atoms. The fourth-order valence-electron chi connectivity index (χ4n) is 5.62. The second-order valence-electron chi connectivity index (χ2n) is 9.30. The molecule has 4 aromatic carbocycles. The Morgan fingerprint density at radius 1 is 1.00 bits per heavy atom. The molecule has 1 N–H and O–H groups in total. The van der Waals surface area contributed by atoms with Gasteiger partial charge in [-0.15, -0.1) is 0 Å². The maximum atomic E-state index is 11.1. The van der Waals surface area contributed by atoms with Crippen LogP contribution in [0.1, 0.15) is 47.1 Å². The van der Waals surface area contributed by atoms with Crippen LogP contribution in [0, 0.1) is 6.92 Å². The Morgan fingerprint density at radius 2 is 1.79 bits per heavy atom. The van der Waals surface area contributed by atoms with Crippen molar-refractivity contribution in [2.24, 2.45) is 0 Å². The average molecular weight is 451 g/mol. The number of carbonyl (C=O) groups is 1. The maximum Gasteiger partial charge on any atom is 0.304 e. The molecule has 1 aliphatic heterocycles. The van der Waals surface area contributed by atoms with Gasteiger partial charge in [-0.25, -0.2) is 0 Å². The number of rotatable bonds is 5. The minimum Gasteiger partial charge on any atom is -0.492 e. The number of carboxylic acid groups (broad SMARTS) is 1. The van der Waals surface area contributed by atoms with E-state index in [0.29, 0.717) is 6.61 Å². The van der Waals surface area contributed by atoms with Crippen LogP contribution in [0.4, 0.5) is 0 Å². The van der Waals surface area contributed by atoms with Gasteiger partial charge >= 0.3 is 5.97 Å². The molecule has 0 saturated heterocycles. The molecule has 4 nitrogen and oxygen atoms in total. The fourth-order valence-corrected chi connectivity index (χ4v) is 5.62. The lowest BCUT2D eigenvalue weighted by atomic mass is 9.91. The number of fused-ring (bicyclic) bond motifs is 3. The highest BCUT2D eigenvalue weighted by atomic mass is 16.5. The molecule has 1 unspecified atom stereocenters. The molecule has 0 fully saturated rings. The van der Waals surface area contributed by atoms with E-state index in [2.05, 4.69) is 61.5 Å². The van der Waals surface area contributed by atoms with E-state index in [1.807, 2.05) is 18.2 Å². The Balaban J connectivity index is 1.32. The van der Waals surface area contributed by atoms with Crippen LogP contribution in [0.5, 0.6) is 11.5 Å². The molecule has 0 spiro atoms. The number of aliphatic carboxylic acids is 1. The molecule has 0 radical (unpaired) electrons. The van der Waals surface area contributed by atoms with Gasteiger partial charge in [0.05, 0.1) is 13.0 Å². The summed E-state index contributed by atoms with van der Waals surface area (Å²) in [4.78, 5) is 11.1. The van der Waals surface area contributed by atoms with E-state index < -0.39 is 5.97 Å². The summed E-state index contributed by atoms with van der Waals surface area (Å²) in [6.45, 7) is 2.59. The average Bonchev–Trinajstić information content (AvgIpc) is 3.42. The molecule has 170 valence electrons. The number of aryl methyl sites for hydroxylation is 1. The van der Waals surface area contributed by atoms with E-state index in [1.165, 1.54) is 38.6 Å². The molecular weight excluding hydrogens is 424 g/mol. The Kier molecular flexibility index (Phi) is 5.02. The molecular formula is C30H26O4. The van der Waals surface area contributed by atoms with Gasteiger partial charge in [0, 0.05) is 17.5 Å². The van der Waals surface area contributed by atoms with Crippen molar-refractivity contribution in [2.45, 2.75) is 38.2 Å². The lowest BCUT2D eigenvalue weighted by Gasteiger charge is -2.17. The van der Waals surface area contributed by atoms with Gasteiger partial charge in [0.25, 0.3) is 0 Å². The zero-order valence-corrected chi connectivity index (χ0v) is 19.1. The van der Waals surface area contributed by atoms with Crippen molar-refractivity contribution in [3.63, 3.8) is 0 Å². The summed E-state index contributed by atoms with van der Waals surface area (Å²) in [7, 11) is 0. The Hall–Kier alpha value is -3.79. The first-order valence-corrected chi connectivity index (χ1v) is 11.8. The van der Waals surface area contributed by atoms with Gasteiger partial charge < -0.3 is 14.6 Å². The van der Waals surface area contributed by atoms with Crippen molar-refractivity contribution in [1.82, 2.24) is 0 Å². The highest BCUT2D eigenvalue weighted by Gasteiger charge is 2.29. The first kappa shape index (κ1) is 20.8. The van der Waals surface area contributed by atoms with E-state index in [0.717, 1.165) is 29.9 Å². The second kappa shape index (κ2) is 8.21. The van der Waals surface area contributed by atoms with Crippen LogP contribution in [-0.2, 0) is 11.2 Å². The molecule has 1 heterocycles. The monoisotopic (exact) mass is 450 g/mol. The molecule has 4 heteroatoms. The summed E-state index contributed by atoms with van der Waals surface area (Å²) in [5, 5.41) is 11.7. The van der Waals surface area contributed by atoms with E-state index in [9.17, 15) is 4.79 Å². The summed E-state index contributed by atoms with van der Waals surface area (Å²) in [6.07, 6.45) is 1.97. The topological polar surface area (TPSA) is 55.8 Å². The molecule has 6 rings (SSSR count). The number of hydrogen-bond donors (Lipinski definition) is 1. The summed E-state index contributed by atoms with van der Waals surface area (Å²) < 4.78 is 12.2. The van der Waals surface area contributed by atoms with E-state index in [4.69, 9.17) is 14.6 Å². The molecule has 0 amide bonds. The second-order valence-corrected chi connectivity index (χ2v) is 9.30. The third kappa shape index (κ3) is 3.50. The van der Waals surface area contributed by atoms with Crippen LogP contribution < -0.4 is 9.47 Å². The van der Waals surface area contributed by atoms with Gasteiger partial charge in [0.2, 0.25) is 0 Å². The first-order chi connectivity index (χ1) is 16.6. The van der Waals surface area contributed by atoms with Crippen molar-refractivity contribution >= 4 is 16.7 Å². The van der Waals surface area contributed by atoms with Gasteiger partial charge in [-0.3, -0.25) is 4.79 Å². The minimum absolute atomic E-state index is 0.0136. The van der Waals surface area contributed by atoms with Crippen molar-refractivity contribution in [3.05, 3.63) is 95.1 Å². The number of hydrogen-bond acceptors (Lipinski definition) is 3. The number of ether oxygens (including phenoxy) is 2. The third-order valence-corrected chi connectivity index (χ3v) is 7.18. The summed E-state index contributed by atoms with van der Waals surface area (Å²) in [5.74, 6) is 0.600. The zero-order valence-electron chi connectivity index (χ0n) is 19.1. The molecule has 0 bridgehead atoms. The zero-order chi connectivity index (χ0) is 23.2. The predicted octanol–water partition coefficient (Wildman–Crippen LogP) is 6.83. The largest absolute Gasteiger partial charge is 0.492 e. The van der Waals surface area contributed by atoms with Crippen LogP contribution in [0.15, 0.2) is 72.8 Å². The number of carboxylic acids is 1. The summed E-state index contributed by atoms with van der Waals surface area (Å²) in [6, 6.07) is 25.4. The lowest BCUT2D eigenvalue weighted by molar-refractivity contribution is -0.137. The lowest BCUT2D eigenvalue weighted by Crippen LogP contribution is -2.07. The SMILES string of the molecule is Cc1cccc2cccc(-c3cccc4c3CC[C@H]4Oc3ccc4c(c3)OCC4CC(=O)O)c12. The van der Waals surface area contributed by atoms with Gasteiger partial charge in [-0.05, 0) is 64.4 Å². The molecule has 2 aliphatic rings. The highest BCUT2D eigenvalue weighted by Crippen LogP contribution is 2.44. The van der Waals surface area contributed by atoms with Crippen LogP contribution in [0.3, 0.4) is 0 Å². The molecule has 0 aromatic heterocycles. The van der Waals surface area contributed by atoms with Gasteiger partial charge in [-0.1, -0.05) is 60.7 Å². The third-order valence-electron chi connectivity index (χ3n) is 7.18. The molecule has 4 aromatic rings. The van der Waals surface area contributed by atoms with Crippen molar-refractivity contribution in [1.29, 1.82) is 0 Å². The smallest absolute Gasteiger partial charge is 0.304 e. The summed E-state index contributed by atoms with van der Waals surface area (Å²) >= 11 is 0. The Labute approximate surface area is 198 Å². The highest BCUT2D eigenvalue weighted by molar-refractivity contribution is 5.99. The van der Waals surface area contributed by atoms with Gasteiger partial charge in [0.15, 0.2) is 0 Å². The van der Waals surface area contributed by atoms with Crippen LogP contribution >= 0.6 is 0 Å². The Bertz CT molecular complexity index is 1420. The van der Waals surface area contributed by atoms with Crippen LogP contribution in [0.2, 0.25) is 0 Å². The normalized spacial score (nSPS) is 18.4. The fraction of sp³-hybridized carbons (Fsp3) is 0.233.